The standard InChI is InChI=1S/C23H16F3N3O4/c24-23(25,26)14-7-8-18-17(11-14)27-22(29(18)12-15-5-3-9-32-15)28-20(30)19-10-13-4-1-2-6-16(13)21(31)33-19/h1-9,11,19H,10,12H2,(H,27,28,30)/t19-/m0/s1. The fourth-order valence-corrected chi connectivity index (χ4v) is 3.79. The zero-order chi connectivity index (χ0) is 23.2. The van der Waals surface area contributed by atoms with Gasteiger partial charge >= 0.3 is 12.1 Å². The second kappa shape index (κ2) is 7.80. The summed E-state index contributed by atoms with van der Waals surface area (Å²) in [5, 5.41) is 2.60. The van der Waals surface area contributed by atoms with E-state index in [1.807, 2.05) is 0 Å². The quantitative estimate of drug-likeness (QED) is 0.461. The van der Waals surface area contributed by atoms with Crippen LogP contribution < -0.4 is 5.32 Å². The third-order valence-corrected chi connectivity index (χ3v) is 5.39. The van der Waals surface area contributed by atoms with E-state index in [9.17, 15) is 22.8 Å². The van der Waals surface area contributed by atoms with E-state index in [1.165, 1.54) is 16.9 Å². The molecular formula is C23H16F3N3O4. The molecule has 10 heteroatoms. The van der Waals surface area contributed by atoms with Crippen LogP contribution in [-0.2, 0) is 28.7 Å². The highest BCUT2D eigenvalue weighted by Gasteiger charge is 2.33. The molecule has 4 aromatic rings. The highest BCUT2D eigenvalue weighted by molar-refractivity contribution is 6.00. The summed E-state index contributed by atoms with van der Waals surface area (Å²) in [7, 11) is 0. The molecule has 0 saturated carbocycles. The Bertz CT molecular complexity index is 1360. The molecule has 1 aliphatic heterocycles. The van der Waals surface area contributed by atoms with Gasteiger partial charge in [-0.25, -0.2) is 9.78 Å². The molecule has 1 aliphatic rings. The van der Waals surface area contributed by atoms with Crippen LogP contribution >= 0.6 is 0 Å². The third-order valence-electron chi connectivity index (χ3n) is 5.39. The average molecular weight is 455 g/mol. The van der Waals surface area contributed by atoms with Crippen LogP contribution in [-0.4, -0.2) is 27.5 Å². The molecule has 5 rings (SSSR count). The first kappa shape index (κ1) is 20.8. The molecule has 0 saturated heterocycles. The smallest absolute Gasteiger partial charge is 0.416 e. The fourth-order valence-electron chi connectivity index (χ4n) is 3.79. The van der Waals surface area contributed by atoms with E-state index in [1.54, 1.807) is 36.4 Å². The highest BCUT2D eigenvalue weighted by atomic mass is 19.4. The normalized spacial score (nSPS) is 15.8. The predicted molar refractivity (Wildman–Crippen MR) is 111 cm³/mol. The molecule has 33 heavy (non-hydrogen) atoms. The number of hydrogen-bond donors (Lipinski definition) is 1. The van der Waals surface area contributed by atoms with Crippen molar-refractivity contribution in [2.45, 2.75) is 25.2 Å². The molecule has 1 N–H and O–H groups in total. The number of anilines is 1. The number of carbonyl (C=O) groups excluding carboxylic acids is 2. The summed E-state index contributed by atoms with van der Waals surface area (Å²) in [6.07, 6.45) is -4.00. The van der Waals surface area contributed by atoms with Gasteiger partial charge in [-0.2, -0.15) is 13.2 Å². The van der Waals surface area contributed by atoms with Crippen molar-refractivity contribution in [3.8, 4) is 0 Å². The molecule has 0 aliphatic carbocycles. The lowest BCUT2D eigenvalue weighted by atomic mass is 9.98. The van der Waals surface area contributed by atoms with Crippen molar-refractivity contribution in [1.29, 1.82) is 0 Å². The first-order valence-electron chi connectivity index (χ1n) is 9.99. The third kappa shape index (κ3) is 3.95. The maximum atomic E-state index is 13.2. The fraction of sp³-hybridized carbons (Fsp3) is 0.174. The zero-order valence-corrected chi connectivity index (χ0v) is 16.9. The summed E-state index contributed by atoms with van der Waals surface area (Å²) in [4.78, 5) is 29.4. The number of nitrogens with zero attached hydrogens (tertiary/aromatic N) is 2. The summed E-state index contributed by atoms with van der Waals surface area (Å²) in [5.74, 6) is -0.718. The van der Waals surface area contributed by atoms with E-state index in [-0.39, 0.29) is 24.4 Å². The van der Waals surface area contributed by atoms with Gasteiger partial charge in [0, 0.05) is 6.42 Å². The number of cyclic esters (lactones) is 1. The number of alkyl halides is 3. The van der Waals surface area contributed by atoms with E-state index >= 15 is 0 Å². The minimum Gasteiger partial charge on any atom is -0.467 e. The number of nitrogens with one attached hydrogen (secondary N) is 1. The number of imidazole rings is 1. The Morgan fingerprint density at radius 1 is 1.15 bits per heavy atom. The Labute approximate surface area is 184 Å². The first-order chi connectivity index (χ1) is 15.8. The predicted octanol–water partition coefficient (Wildman–Crippen LogP) is 4.42. The Balaban J connectivity index is 1.48. The van der Waals surface area contributed by atoms with Crippen LogP contribution in [0.15, 0.2) is 65.3 Å². The van der Waals surface area contributed by atoms with Gasteiger partial charge in [-0.3, -0.25) is 10.1 Å². The number of halogens is 3. The SMILES string of the molecule is O=C1O[C@H](C(=O)Nc2nc3cc(C(F)(F)F)ccc3n2Cc2ccco2)Cc2ccccc21. The second-order valence-corrected chi connectivity index (χ2v) is 7.55. The summed E-state index contributed by atoms with van der Waals surface area (Å²) in [6.45, 7) is 0.123. The number of hydrogen-bond acceptors (Lipinski definition) is 5. The molecule has 0 fully saturated rings. The molecule has 0 spiro atoms. The van der Waals surface area contributed by atoms with Crippen molar-refractivity contribution in [1.82, 2.24) is 9.55 Å². The van der Waals surface area contributed by atoms with Gasteiger partial charge in [0.05, 0.1) is 35.0 Å². The van der Waals surface area contributed by atoms with Gasteiger partial charge in [0.15, 0.2) is 6.10 Å². The number of fused-ring (bicyclic) bond motifs is 2. The molecule has 0 radical (unpaired) electrons. The van der Waals surface area contributed by atoms with Crippen LogP contribution in [0.4, 0.5) is 19.1 Å². The lowest BCUT2D eigenvalue weighted by Gasteiger charge is -2.23. The van der Waals surface area contributed by atoms with E-state index < -0.39 is 29.7 Å². The minimum atomic E-state index is -4.54. The van der Waals surface area contributed by atoms with Gasteiger partial charge in [0.2, 0.25) is 5.95 Å². The lowest BCUT2D eigenvalue weighted by molar-refractivity contribution is -0.137. The van der Waals surface area contributed by atoms with Gasteiger partial charge in [-0.05, 0) is 42.0 Å². The molecule has 2 aromatic heterocycles. The number of esters is 1. The summed E-state index contributed by atoms with van der Waals surface area (Å²) in [6, 6.07) is 13.3. The van der Waals surface area contributed by atoms with Gasteiger partial charge in [0.25, 0.3) is 5.91 Å². The maximum absolute atomic E-state index is 13.2. The molecule has 0 unspecified atom stereocenters. The van der Waals surface area contributed by atoms with Crippen molar-refractivity contribution >= 4 is 28.9 Å². The molecule has 0 bridgehead atoms. The Kier molecular flexibility index (Phi) is 4.92. The van der Waals surface area contributed by atoms with E-state index in [0.29, 0.717) is 22.4 Å². The number of furan rings is 1. The van der Waals surface area contributed by atoms with Crippen molar-refractivity contribution in [3.63, 3.8) is 0 Å². The molecule has 3 heterocycles. The van der Waals surface area contributed by atoms with Crippen molar-refractivity contribution in [2.75, 3.05) is 5.32 Å². The summed E-state index contributed by atoms with van der Waals surface area (Å²) < 4.78 is 51.7. The number of amides is 1. The van der Waals surface area contributed by atoms with Crippen LogP contribution in [0.5, 0.6) is 0 Å². The van der Waals surface area contributed by atoms with Crippen LogP contribution in [0.1, 0.15) is 27.2 Å². The van der Waals surface area contributed by atoms with E-state index in [2.05, 4.69) is 10.3 Å². The van der Waals surface area contributed by atoms with Crippen molar-refractivity contribution in [2.24, 2.45) is 0 Å². The summed E-state index contributed by atoms with van der Waals surface area (Å²) >= 11 is 0. The molecule has 1 amide bonds. The number of aromatic nitrogens is 2. The van der Waals surface area contributed by atoms with Crippen LogP contribution in [0.2, 0.25) is 0 Å². The molecule has 7 nitrogen and oxygen atoms in total. The Hall–Kier alpha value is -4.08. The van der Waals surface area contributed by atoms with Gasteiger partial charge < -0.3 is 13.7 Å². The topological polar surface area (TPSA) is 86.4 Å². The van der Waals surface area contributed by atoms with Crippen molar-refractivity contribution in [3.05, 3.63) is 83.3 Å². The highest BCUT2D eigenvalue weighted by Crippen LogP contribution is 2.32. The van der Waals surface area contributed by atoms with Crippen LogP contribution in [0.3, 0.4) is 0 Å². The molecular weight excluding hydrogens is 439 g/mol. The van der Waals surface area contributed by atoms with Crippen LogP contribution in [0.25, 0.3) is 11.0 Å². The van der Waals surface area contributed by atoms with Gasteiger partial charge in [-0.15, -0.1) is 0 Å². The average Bonchev–Trinajstić information content (AvgIpc) is 3.41. The lowest BCUT2D eigenvalue weighted by Crippen LogP contribution is -2.38. The minimum absolute atomic E-state index is 0.0145. The number of rotatable bonds is 4. The maximum Gasteiger partial charge on any atom is 0.416 e. The monoisotopic (exact) mass is 455 g/mol. The number of benzene rings is 2. The summed E-state index contributed by atoms with van der Waals surface area (Å²) in [5.41, 5.74) is 0.644. The van der Waals surface area contributed by atoms with Gasteiger partial charge in [0.1, 0.15) is 5.76 Å². The Morgan fingerprint density at radius 2 is 1.97 bits per heavy atom. The Morgan fingerprint density at radius 3 is 2.73 bits per heavy atom. The van der Waals surface area contributed by atoms with E-state index in [0.717, 1.165) is 12.1 Å². The molecule has 168 valence electrons. The van der Waals surface area contributed by atoms with E-state index in [4.69, 9.17) is 9.15 Å². The number of ether oxygens (including phenoxy) is 1. The van der Waals surface area contributed by atoms with Crippen molar-refractivity contribution < 1.29 is 31.9 Å². The largest absolute Gasteiger partial charge is 0.467 e. The van der Waals surface area contributed by atoms with Crippen LogP contribution in [0, 0.1) is 0 Å². The second-order valence-electron chi connectivity index (χ2n) is 7.55. The molecule has 1 atom stereocenters. The zero-order valence-electron chi connectivity index (χ0n) is 16.9. The number of carbonyl (C=O) groups is 2. The molecule has 2 aromatic carbocycles. The first-order valence-corrected chi connectivity index (χ1v) is 9.99. The van der Waals surface area contributed by atoms with Gasteiger partial charge in [-0.1, -0.05) is 18.2 Å².